The van der Waals surface area contributed by atoms with Crippen LogP contribution in [0.1, 0.15) is 37.9 Å². The van der Waals surface area contributed by atoms with Gasteiger partial charge in [-0.2, -0.15) is 0 Å². The summed E-state index contributed by atoms with van der Waals surface area (Å²) in [5, 5.41) is 3.67. The highest BCUT2D eigenvalue weighted by Crippen LogP contribution is 2.40. The summed E-state index contributed by atoms with van der Waals surface area (Å²) in [5.74, 6) is 0.136. The van der Waals surface area contributed by atoms with Crippen LogP contribution in [0.5, 0.6) is 0 Å². The van der Waals surface area contributed by atoms with E-state index in [1.54, 1.807) is 0 Å². The molecule has 0 radical (unpaired) electrons. The second-order valence-electron chi connectivity index (χ2n) is 6.04. The van der Waals surface area contributed by atoms with Gasteiger partial charge in [0.2, 0.25) is 0 Å². The van der Waals surface area contributed by atoms with Gasteiger partial charge in [0.15, 0.2) is 0 Å². The van der Waals surface area contributed by atoms with Gasteiger partial charge in [-0.25, -0.2) is 4.79 Å². The van der Waals surface area contributed by atoms with E-state index in [1.807, 2.05) is 45.0 Å². The SMILES string of the molecule is C=C[C@@H]1Cc2c(Cl)cccc2C1NC(=O)OC(C)(C)C. The minimum atomic E-state index is -0.510. The molecular formula is C16H20ClNO2. The summed E-state index contributed by atoms with van der Waals surface area (Å²) in [6.07, 6.45) is 2.24. The van der Waals surface area contributed by atoms with Gasteiger partial charge in [0, 0.05) is 10.9 Å². The molecule has 0 heterocycles. The predicted molar refractivity (Wildman–Crippen MR) is 81.0 cm³/mol. The summed E-state index contributed by atoms with van der Waals surface area (Å²) in [5.41, 5.74) is 1.62. The van der Waals surface area contributed by atoms with Crippen molar-refractivity contribution < 1.29 is 9.53 Å². The molecular weight excluding hydrogens is 274 g/mol. The van der Waals surface area contributed by atoms with Crippen LogP contribution in [-0.4, -0.2) is 11.7 Å². The lowest BCUT2D eigenvalue weighted by atomic mass is 10.0. The maximum absolute atomic E-state index is 12.0. The zero-order valence-electron chi connectivity index (χ0n) is 12.1. The molecule has 1 aliphatic rings. The van der Waals surface area contributed by atoms with Crippen LogP contribution in [0.4, 0.5) is 4.79 Å². The van der Waals surface area contributed by atoms with E-state index in [0.29, 0.717) is 0 Å². The Hall–Kier alpha value is -1.48. The molecule has 0 fully saturated rings. The zero-order valence-corrected chi connectivity index (χ0v) is 12.8. The molecule has 1 amide bonds. The molecule has 2 rings (SSSR count). The van der Waals surface area contributed by atoms with Crippen molar-refractivity contribution in [2.75, 3.05) is 0 Å². The maximum atomic E-state index is 12.0. The molecule has 3 nitrogen and oxygen atoms in total. The summed E-state index contributed by atoms with van der Waals surface area (Å²) < 4.78 is 5.32. The van der Waals surface area contributed by atoms with Crippen LogP contribution in [0.25, 0.3) is 0 Å². The van der Waals surface area contributed by atoms with Crippen LogP contribution in [0.2, 0.25) is 5.02 Å². The van der Waals surface area contributed by atoms with Gasteiger partial charge in [-0.05, 0) is 44.4 Å². The fraction of sp³-hybridized carbons (Fsp3) is 0.438. The van der Waals surface area contributed by atoms with Gasteiger partial charge in [-0.15, -0.1) is 6.58 Å². The molecule has 1 aliphatic carbocycles. The molecule has 0 aromatic heterocycles. The first-order valence-corrected chi connectivity index (χ1v) is 7.09. The molecule has 2 atom stereocenters. The third-order valence-corrected chi connectivity index (χ3v) is 3.69. The lowest BCUT2D eigenvalue weighted by Gasteiger charge is -2.24. The number of alkyl carbamates (subject to hydrolysis) is 1. The topological polar surface area (TPSA) is 38.3 Å². The normalized spacial score (nSPS) is 21.2. The predicted octanol–water partition coefficient (Wildman–Crippen LogP) is 4.26. The highest BCUT2D eigenvalue weighted by atomic mass is 35.5. The average Bonchev–Trinajstić information content (AvgIpc) is 2.67. The van der Waals surface area contributed by atoms with E-state index in [-0.39, 0.29) is 12.0 Å². The van der Waals surface area contributed by atoms with E-state index in [9.17, 15) is 4.79 Å². The summed E-state index contributed by atoms with van der Waals surface area (Å²) >= 11 is 6.22. The molecule has 1 aromatic carbocycles. The van der Waals surface area contributed by atoms with Crippen LogP contribution in [0, 0.1) is 5.92 Å². The number of ether oxygens (including phenoxy) is 1. The van der Waals surface area contributed by atoms with Gasteiger partial charge in [-0.3, -0.25) is 0 Å². The maximum Gasteiger partial charge on any atom is 0.408 e. The molecule has 4 heteroatoms. The molecule has 0 saturated carbocycles. The molecule has 0 saturated heterocycles. The molecule has 20 heavy (non-hydrogen) atoms. The van der Waals surface area contributed by atoms with Crippen LogP contribution >= 0.6 is 11.6 Å². The lowest BCUT2D eigenvalue weighted by Crippen LogP contribution is -2.36. The highest BCUT2D eigenvalue weighted by Gasteiger charge is 2.33. The third-order valence-electron chi connectivity index (χ3n) is 3.33. The number of benzene rings is 1. The Kier molecular flexibility index (Phi) is 4.09. The number of halogens is 1. The van der Waals surface area contributed by atoms with Crippen molar-refractivity contribution in [2.45, 2.75) is 38.8 Å². The van der Waals surface area contributed by atoms with Gasteiger partial charge >= 0.3 is 6.09 Å². The molecule has 0 spiro atoms. The number of fused-ring (bicyclic) bond motifs is 1. The average molecular weight is 294 g/mol. The Labute approximate surface area is 125 Å². The number of carbonyl (C=O) groups excluding carboxylic acids is 1. The minimum Gasteiger partial charge on any atom is -0.444 e. The van der Waals surface area contributed by atoms with Gasteiger partial charge in [-0.1, -0.05) is 29.8 Å². The molecule has 1 unspecified atom stereocenters. The van der Waals surface area contributed by atoms with Gasteiger partial charge in [0.1, 0.15) is 5.60 Å². The van der Waals surface area contributed by atoms with E-state index in [2.05, 4.69) is 11.9 Å². The molecule has 1 aromatic rings. The van der Waals surface area contributed by atoms with E-state index in [0.717, 1.165) is 22.6 Å². The van der Waals surface area contributed by atoms with Gasteiger partial charge < -0.3 is 10.1 Å². The third kappa shape index (κ3) is 3.15. The largest absolute Gasteiger partial charge is 0.444 e. The Bertz CT molecular complexity index is 534. The number of hydrogen-bond donors (Lipinski definition) is 1. The first kappa shape index (κ1) is 14.9. The summed E-state index contributed by atoms with van der Waals surface area (Å²) in [7, 11) is 0. The Morgan fingerprint density at radius 3 is 2.80 bits per heavy atom. The number of hydrogen-bond acceptors (Lipinski definition) is 2. The van der Waals surface area contributed by atoms with Crippen molar-refractivity contribution in [1.29, 1.82) is 0 Å². The van der Waals surface area contributed by atoms with E-state index >= 15 is 0 Å². The van der Waals surface area contributed by atoms with Crippen LogP contribution in [0.3, 0.4) is 0 Å². The Balaban J connectivity index is 2.21. The quantitative estimate of drug-likeness (QED) is 0.827. The van der Waals surface area contributed by atoms with Crippen molar-refractivity contribution in [3.8, 4) is 0 Å². The van der Waals surface area contributed by atoms with Crippen molar-refractivity contribution in [1.82, 2.24) is 5.32 Å². The van der Waals surface area contributed by atoms with Crippen molar-refractivity contribution in [2.24, 2.45) is 5.92 Å². The standard InChI is InChI=1S/C16H20ClNO2/c1-5-10-9-12-11(7-6-8-13(12)17)14(10)18-15(19)20-16(2,3)4/h5-8,10,14H,1,9H2,2-4H3,(H,18,19)/t10-,14?/m1/s1. The summed E-state index contributed by atoms with van der Waals surface area (Å²) in [6.45, 7) is 9.39. The molecule has 0 aliphatic heterocycles. The fourth-order valence-corrected chi connectivity index (χ4v) is 2.76. The van der Waals surface area contributed by atoms with Gasteiger partial charge in [0.05, 0.1) is 6.04 Å². The zero-order chi connectivity index (χ0) is 14.9. The molecule has 108 valence electrons. The number of rotatable bonds is 2. The summed E-state index contributed by atoms with van der Waals surface area (Å²) in [6, 6.07) is 5.63. The van der Waals surface area contributed by atoms with E-state index < -0.39 is 11.7 Å². The number of nitrogens with one attached hydrogen (secondary N) is 1. The van der Waals surface area contributed by atoms with E-state index in [4.69, 9.17) is 16.3 Å². The second-order valence-corrected chi connectivity index (χ2v) is 6.44. The van der Waals surface area contributed by atoms with E-state index in [1.165, 1.54) is 0 Å². The van der Waals surface area contributed by atoms with Crippen molar-refractivity contribution in [3.05, 3.63) is 47.0 Å². The highest BCUT2D eigenvalue weighted by molar-refractivity contribution is 6.31. The van der Waals surface area contributed by atoms with Gasteiger partial charge in [0.25, 0.3) is 0 Å². The number of amides is 1. The summed E-state index contributed by atoms with van der Waals surface area (Å²) in [4.78, 5) is 12.0. The Morgan fingerprint density at radius 1 is 1.50 bits per heavy atom. The first-order valence-electron chi connectivity index (χ1n) is 6.71. The Morgan fingerprint density at radius 2 is 2.20 bits per heavy atom. The lowest BCUT2D eigenvalue weighted by molar-refractivity contribution is 0.0495. The monoisotopic (exact) mass is 293 g/mol. The van der Waals surface area contributed by atoms with Crippen molar-refractivity contribution in [3.63, 3.8) is 0 Å². The van der Waals surface area contributed by atoms with Crippen LogP contribution in [-0.2, 0) is 11.2 Å². The van der Waals surface area contributed by atoms with Crippen LogP contribution < -0.4 is 5.32 Å². The minimum absolute atomic E-state index is 0.129. The second kappa shape index (κ2) is 5.49. The first-order chi connectivity index (χ1) is 9.31. The number of carbonyl (C=O) groups is 1. The fourth-order valence-electron chi connectivity index (χ4n) is 2.50. The molecule has 1 N–H and O–H groups in total. The smallest absolute Gasteiger partial charge is 0.408 e. The molecule has 0 bridgehead atoms. The van der Waals surface area contributed by atoms with Crippen LogP contribution in [0.15, 0.2) is 30.9 Å². The van der Waals surface area contributed by atoms with Crippen molar-refractivity contribution >= 4 is 17.7 Å².